The van der Waals surface area contributed by atoms with E-state index in [1.165, 1.54) is 11.2 Å². The summed E-state index contributed by atoms with van der Waals surface area (Å²) in [6, 6.07) is 7.38. The number of carbonyl (C=O) groups excluding carboxylic acids is 2. The van der Waals surface area contributed by atoms with Gasteiger partial charge < -0.3 is 9.30 Å². The number of benzene rings is 1. The summed E-state index contributed by atoms with van der Waals surface area (Å²) in [5.41, 5.74) is 2.32. The molecule has 0 spiro atoms. The molecule has 0 aliphatic carbocycles. The highest BCUT2D eigenvalue weighted by atomic mass is 35.5. The Morgan fingerprint density at radius 2 is 2.07 bits per heavy atom. The van der Waals surface area contributed by atoms with Crippen molar-refractivity contribution in [3.05, 3.63) is 47.0 Å². The van der Waals surface area contributed by atoms with Gasteiger partial charge >= 0.3 is 5.97 Å². The van der Waals surface area contributed by atoms with Crippen molar-refractivity contribution in [2.45, 2.75) is 26.9 Å². The lowest BCUT2D eigenvalue weighted by molar-refractivity contribution is -0.145. The van der Waals surface area contributed by atoms with Crippen molar-refractivity contribution in [1.29, 1.82) is 0 Å². The predicted octanol–water partition coefficient (Wildman–Crippen LogP) is 2.84. The highest BCUT2D eigenvalue weighted by Gasteiger charge is 2.31. The second kappa shape index (κ2) is 7.20. The van der Waals surface area contributed by atoms with Crippen LogP contribution in [0.1, 0.15) is 29.8 Å². The molecule has 8 nitrogen and oxygen atoms in total. The number of rotatable bonds is 5. The predicted molar refractivity (Wildman–Crippen MR) is 103 cm³/mol. The first-order chi connectivity index (χ1) is 13.4. The first-order valence-electron chi connectivity index (χ1n) is 8.88. The van der Waals surface area contributed by atoms with E-state index in [1.54, 1.807) is 10.6 Å². The number of carbonyl (C=O) groups is 2. The summed E-state index contributed by atoms with van der Waals surface area (Å²) in [4.78, 5) is 39.2. The van der Waals surface area contributed by atoms with Gasteiger partial charge in [-0.25, -0.2) is 4.98 Å². The number of nitrogens with zero attached hydrogens (tertiary/aromatic N) is 5. The average molecular weight is 400 g/mol. The van der Waals surface area contributed by atoms with Crippen LogP contribution in [0.2, 0.25) is 5.28 Å². The minimum Gasteiger partial charge on any atom is -0.464 e. The number of ether oxygens (including phenoxy) is 1. The standard InChI is InChI=1S/C19H18ClN5O3/c1-11(2)9-28-14(26)8-24-10-21-15-16(24)22-19(20)23-17(15)25-7-12-5-3-4-6-13(12)18(25)27/h3-6,10-11H,7-9H2,1-2H3. The molecule has 0 bridgehead atoms. The second-order valence-corrected chi connectivity index (χ2v) is 7.32. The van der Waals surface area contributed by atoms with Gasteiger partial charge in [-0.2, -0.15) is 9.97 Å². The summed E-state index contributed by atoms with van der Waals surface area (Å²) < 4.78 is 6.76. The highest BCUT2D eigenvalue weighted by Crippen LogP contribution is 2.31. The van der Waals surface area contributed by atoms with Gasteiger partial charge in [0, 0.05) is 5.56 Å². The molecule has 144 valence electrons. The molecule has 1 aromatic carbocycles. The van der Waals surface area contributed by atoms with Gasteiger partial charge in [0.25, 0.3) is 5.91 Å². The Hall–Kier alpha value is -3.00. The third-order valence-corrected chi connectivity index (χ3v) is 4.54. The number of anilines is 1. The van der Waals surface area contributed by atoms with E-state index in [-0.39, 0.29) is 23.7 Å². The van der Waals surface area contributed by atoms with Gasteiger partial charge in [0.1, 0.15) is 6.54 Å². The molecule has 0 saturated heterocycles. The van der Waals surface area contributed by atoms with Crippen LogP contribution in [0.5, 0.6) is 0 Å². The van der Waals surface area contributed by atoms with Crippen LogP contribution in [-0.2, 0) is 22.6 Å². The number of esters is 1. The molecular weight excluding hydrogens is 382 g/mol. The van der Waals surface area contributed by atoms with Gasteiger partial charge in [-0.05, 0) is 29.1 Å². The normalized spacial score (nSPS) is 13.4. The van der Waals surface area contributed by atoms with Crippen molar-refractivity contribution < 1.29 is 14.3 Å². The summed E-state index contributed by atoms with van der Waals surface area (Å²) in [6.07, 6.45) is 1.48. The average Bonchev–Trinajstić information content (AvgIpc) is 3.21. The fraction of sp³-hybridized carbons (Fsp3) is 0.316. The number of hydrogen-bond donors (Lipinski definition) is 0. The Balaban J connectivity index is 1.67. The molecule has 0 atom stereocenters. The quantitative estimate of drug-likeness (QED) is 0.484. The lowest BCUT2D eigenvalue weighted by Gasteiger charge is -2.15. The van der Waals surface area contributed by atoms with Crippen molar-refractivity contribution >= 4 is 40.5 Å². The molecule has 0 N–H and O–H groups in total. The fourth-order valence-corrected chi connectivity index (χ4v) is 3.24. The molecule has 0 saturated carbocycles. The third kappa shape index (κ3) is 3.31. The lowest BCUT2D eigenvalue weighted by Crippen LogP contribution is -2.24. The van der Waals surface area contributed by atoms with Crippen molar-refractivity contribution in [1.82, 2.24) is 19.5 Å². The van der Waals surface area contributed by atoms with Crippen molar-refractivity contribution in [3.8, 4) is 0 Å². The highest BCUT2D eigenvalue weighted by molar-refractivity contribution is 6.29. The molecule has 0 fully saturated rings. The van der Waals surface area contributed by atoms with Crippen LogP contribution in [0, 0.1) is 5.92 Å². The van der Waals surface area contributed by atoms with Crippen LogP contribution in [0.15, 0.2) is 30.6 Å². The maximum atomic E-state index is 12.8. The maximum Gasteiger partial charge on any atom is 0.326 e. The number of hydrogen-bond acceptors (Lipinski definition) is 6. The van der Waals surface area contributed by atoms with E-state index in [2.05, 4.69) is 15.0 Å². The first kappa shape index (κ1) is 18.4. The van der Waals surface area contributed by atoms with Gasteiger partial charge in [0.15, 0.2) is 17.0 Å². The van der Waals surface area contributed by atoms with Gasteiger partial charge in [0.05, 0.1) is 19.5 Å². The summed E-state index contributed by atoms with van der Waals surface area (Å²) in [6.45, 7) is 4.59. The van der Waals surface area contributed by atoms with Gasteiger partial charge in [-0.15, -0.1) is 0 Å². The van der Waals surface area contributed by atoms with Gasteiger partial charge in [-0.3, -0.25) is 14.5 Å². The van der Waals surface area contributed by atoms with Crippen LogP contribution in [0.25, 0.3) is 11.2 Å². The van der Waals surface area contributed by atoms with Crippen molar-refractivity contribution in [2.75, 3.05) is 11.5 Å². The second-order valence-electron chi connectivity index (χ2n) is 6.99. The Kier molecular flexibility index (Phi) is 4.72. The molecule has 1 aliphatic heterocycles. The molecule has 1 amide bonds. The minimum absolute atomic E-state index is 0.0245. The molecule has 4 rings (SSSR count). The third-order valence-electron chi connectivity index (χ3n) is 4.37. The zero-order valence-electron chi connectivity index (χ0n) is 15.4. The SMILES string of the molecule is CC(C)COC(=O)Cn1cnc2c(N3Cc4ccccc4C3=O)nc(Cl)nc21. The van der Waals surface area contributed by atoms with Crippen molar-refractivity contribution in [3.63, 3.8) is 0 Å². The fourth-order valence-electron chi connectivity index (χ4n) is 3.08. The monoisotopic (exact) mass is 399 g/mol. The van der Waals surface area contributed by atoms with Crippen LogP contribution >= 0.6 is 11.6 Å². The Bertz CT molecular complexity index is 1080. The molecule has 1 aliphatic rings. The molecule has 9 heteroatoms. The van der Waals surface area contributed by atoms with Gasteiger partial charge in [0.2, 0.25) is 5.28 Å². The number of amides is 1. The molecule has 0 unspecified atom stereocenters. The van der Waals surface area contributed by atoms with Crippen molar-refractivity contribution in [2.24, 2.45) is 5.92 Å². The largest absolute Gasteiger partial charge is 0.464 e. The molecule has 2 aromatic heterocycles. The summed E-state index contributed by atoms with van der Waals surface area (Å²) in [5, 5.41) is -0.0245. The first-order valence-corrected chi connectivity index (χ1v) is 9.25. The van der Waals surface area contributed by atoms with E-state index >= 15 is 0 Å². The smallest absolute Gasteiger partial charge is 0.326 e. The van der Waals surface area contributed by atoms with Crippen LogP contribution in [-0.4, -0.2) is 38.0 Å². The van der Waals surface area contributed by atoms with E-state index in [0.717, 1.165) is 5.56 Å². The molecule has 0 radical (unpaired) electrons. The Morgan fingerprint density at radius 3 is 2.82 bits per heavy atom. The van der Waals surface area contributed by atoms with E-state index < -0.39 is 5.97 Å². The maximum absolute atomic E-state index is 12.8. The van der Waals surface area contributed by atoms with E-state index in [9.17, 15) is 9.59 Å². The summed E-state index contributed by atoms with van der Waals surface area (Å²) >= 11 is 6.11. The van der Waals surface area contributed by atoms with Crippen LogP contribution in [0.3, 0.4) is 0 Å². The van der Waals surface area contributed by atoms with E-state index in [4.69, 9.17) is 16.3 Å². The number of aromatic nitrogens is 4. The number of fused-ring (bicyclic) bond motifs is 2. The van der Waals surface area contributed by atoms with E-state index in [1.807, 2.05) is 32.0 Å². The topological polar surface area (TPSA) is 90.2 Å². The van der Waals surface area contributed by atoms with Crippen LogP contribution < -0.4 is 4.90 Å². The lowest BCUT2D eigenvalue weighted by atomic mass is 10.1. The molecule has 3 aromatic rings. The Labute approximate surface area is 166 Å². The van der Waals surface area contributed by atoms with Crippen LogP contribution in [0.4, 0.5) is 5.82 Å². The zero-order chi connectivity index (χ0) is 19.8. The summed E-state index contributed by atoms with van der Waals surface area (Å²) in [5.74, 6) is 0.00617. The molecular formula is C19H18ClN5O3. The van der Waals surface area contributed by atoms with E-state index in [0.29, 0.717) is 35.7 Å². The minimum atomic E-state index is -0.395. The van der Waals surface area contributed by atoms with Gasteiger partial charge in [-0.1, -0.05) is 32.0 Å². The zero-order valence-corrected chi connectivity index (χ0v) is 16.2. The number of imidazole rings is 1. The molecule has 28 heavy (non-hydrogen) atoms. The summed E-state index contributed by atoms with van der Waals surface area (Å²) in [7, 11) is 0. The number of halogens is 1. The molecule has 3 heterocycles. The Morgan fingerprint density at radius 1 is 1.29 bits per heavy atom.